The van der Waals surface area contributed by atoms with Crippen molar-refractivity contribution in [3.8, 4) is 0 Å². The van der Waals surface area contributed by atoms with E-state index in [1.807, 2.05) is 12.1 Å². The van der Waals surface area contributed by atoms with Crippen molar-refractivity contribution < 1.29 is 4.79 Å². The molecule has 1 saturated heterocycles. The molecule has 21 heavy (non-hydrogen) atoms. The summed E-state index contributed by atoms with van der Waals surface area (Å²) < 4.78 is 0. The van der Waals surface area contributed by atoms with E-state index >= 15 is 0 Å². The summed E-state index contributed by atoms with van der Waals surface area (Å²) in [5, 5.41) is 0. The van der Waals surface area contributed by atoms with Gasteiger partial charge in [-0.1, -0.05) is 13.0 Å². The van der Waals surface area contributed by atoms with Gasteiger partial charge in [-0.25, -0.2) is 0 Å². The van der Waals surface area contributed by atoms with Gasteiger partial charge >= 0.3 is 0 Å². The number of amides is 1. The molecule has 1 aromatic rings. The zero-order valence-corrected chi connectivity index (χ0v) is 12.8. The van der Waals surface area contributed by atoms with Gasteiger partial charge in [0.05, 0.1) is 0 Å². The third-order valence-corrected chi connectivity index (χ3v) is 4.18. The Hall–Kier alpha value is -1.59. The van der Waals surface area contributed by atoms with Gasteiger partial charge in [-0.05, 0) is 36.2 Å². The number of benzene rings is 1. The summed E-state index contributed by atoms with van der Waals surface area (Å²) in [7, 11) is 0. The summed E-state index contributed by atoms with van der Waals surface area (Å²) in [6.07, 6.45) is 1.05. The molecule has 0 unspecified atom stereocenters. The van der Waals surface area contributed by atoms with Crippen LogP contribution in [0.25, 0.3) is 0 Å². The molecule has 2 rings (SSSR count). The highest BCUT2D eigenvalue weighted by atomic mass is 16.1. The average Bonchev–Trinajstić information content (AvgIpc) is 2.48. The Morgan fingerprint density at radius 1 is 1.14 bits per heavy atom. The number of aryl methyl sites for hydroxylation is 1. The fourth-order valence-corrected chi connectivity index (χ4v) is 2.80. The minimum atomic E-state index is -0.264. The number of nitrogens with zero attached hydrogens (tertiary/aromatic N) is 2. The zero-order chi connectivity index (χ0) is 15.2. The molecular weight excluding hydrogens is 264 g/mol. The second-order valence-corrected chi connectivity index (χ2v) is 5.70. The number of likely N-dealkylation sites (N-methyl/N-ethyl adjacent to an activating group) is 1. The van der Waals surface area contributed by atoms with Crippen molar-refractivity contribution in [2.24, 2.45) is 5.73 Å². The molecule has 116 valence electrons. The van der Waals surface area contributed by atoms with Crippen LogP contribution in [-0.4, -0.2) is 48.4 Å². The average molecular weight is 290 g/mol. The fourth-order valence-electron chi connectivity index (χ4n) is 2.80. The molecule has 5 heteroatoms. The Balaban J connectivity index is 2.00. The van der Waals surface area contributed by atoms with Crippen LogP contribution in [0.1, 0.15) is 24.5 Å². The van der Waals surface area contributed by atoms with E-state index in [9.17, 15) is 4.79 Å². The van der Waals surface area contributed by atoms with Crippen LogP contribution in [0.3, 0.4) is 0 Å². The SMILES string of the molecule is CCN1CCN(Cc2ccc(N)cc2CCC(N)=O)CC1. The van der Waals surface area contributed by atoms with Crippen LogP contribution < -0.4 is 11.5 Å². The number of hydrogen-bond acceptors (Lipinski definition) is 4. The maximum absolute atomic E-state index is 11.0. The Kier molecular flexibility index (Phi) is 5.59. The molecule has 0 spiro atoms. The summed E-state index contributed by atoms with van der Waals surface area (Å²) in [5.74, 6) is -0.264. The molecule has 1 fully saturated rings. The molecule has 0 saturated carbocycles. The van der Waals surface area contributed by atoms with Crippen molar-refractivity contribution in [1.82, 2.24) is 9.80 Å². The number of primary amides is 1. The molecule has 1 heterocycles. The summed E-state index contributed by atoms with van der Waals surface area (Å²) in [4.78, 5) is 15.9. The zero-order valence-electron chi connectivity index (χ0n) is 12.8. The topological polar surface area (TPSA) is 75.6 Å². The number of anilines is 1. The van der Waals surface area contributed by atoms with Crippen molar-refractivity contribution in [2.45, 2.75) is 26.3 Å². The van der Waals surface area contributed by atoms with Crippen LogP contribution >= 0.6 is 0 Å². The lowest BCUT2D eigenvalue weighted by molar-refractivity contribution is -0.117. The smallest absolute Gasteiger partial charge is 0.217 e. The molecule has 0 radical (unpaired) electrons. The van der Waals surface area contributed by atoms with Gasteiger partial charge in [-0.3, -0.25) is 9.69 Å². The Morgan fingerprint density at radius 2 is 1.81 bits per heavy atom. The first kappa shape index (κ1) is 15.8. The first-order valence-corrected chi connectivity index (χ1v) is 7.68. The summed E-state index contributed by atoms with van der Waals surface area (Å²) >= 11 is 0. The molecule has 5 nitrogen and oxygen atoms in total. The standard InChI is InChI=1S/C16H26N4O/c1-2-19-7-9-20(10-8-19)12-14-3-5-15(17)11-13(14)4-6-16(18)21/h3,5,11H,2,4,6-10,12,17H2,1H3,(H2,18,21). The predicted octanol–water partition coefficient (Wildman–Crippen LogP) is 0.824. The van der Waals surface area contributed by atoms with E-state index in [4.69, 9.17) is 11.5 Å². The van der Waals surface area contributed by atoms with Crippen LogP contribution in [0.15, 0.2) is 18.2 Å². The van der Waals surface area contributed by atoms with Crippen LogP contribution in [0.5, 0.6) is 0 Å². The van der Waals surface area contributed by atoms with Crippen molar-refractivity contribution in [3.63, 3.8) is 0 Å². The summed E-state index contributed by atoms with van der Waals surface area (Å²) in [6, 6.07) is 5.99. The molecule has 1 amide bonds. The highest BCUT2D eigenvalue weighted by Gasteiger charge is 2.16. The van der Waals surface area contributed by atoms with Crippen molar-refractivity contribution in [1.29, 1.82) is 0 Å². The number of nitrogens with two attached hydrogens (primary N) is 2. The number of piperazine rings is 1. The van der Waals surface area contributed by atoms with Gasteiger partial charge in [0.25, 0.3) is 0 Å². The molecule has 0 bridgehead atoms. The van der Waals surface area contributed by atoms with Crippen LogP contribution in [0.2, 0.25) is 0 Å². The van der Waals surface area contributed by atoms with E-state index in [0.29, 0.717) is 12.8 Å². The maximum atomic E-state index is 11.0. The maximum Gasteiger partial charge on any atom is 0.217 e. The monoisotopic (exact) mass is 290 g/mol. The lowest BCUT2D eigenvalue weighted by Crippen LogP contribution is -2.45. The molecule has 1 aromatic carbocycles. The van der Waals surface area contributed by atoms with Crippen molar-refractivity contribution >= 4 is 11.6 Å². The number of rotatable bonds is 6. The minimum absolute atomic E-state index is 0.264. The largest absolute Gasteiger partial charge is 0.399 e. The Labute approximate surface area is 126 Å². The van der Waals surface area contributed by atoms with E-state index in [1.54, 1.807) is 0 Å². The third kappa shape index (κ3) is 4.72. The van der Waals surface area contributed by atoms with E-state index < -0.39 is 0 Å². The Bertz CT molecular complexity index is 481. The highest BCUT2D eigenvalue weighted by Crippen LogP contribution is 2.18. The molecule has 1 aliphatic rings. The first-order chi connectivity index (χ1) is 10.1. The number of carbonyl (C=O) groups is 1. The van der Waals surface area contributed by atoms with Crippen LogP contribution in [-0.2, 0) is 17.8 Å². The molecule has 1 aliphatic heterocycles. The van der Waals surface area contributed by atoms with E-state index in [0.717, 1.165) is 50.5 Å². The van der Waals surface area contributed by atoms with Gasteiger partial charge in [0, 0.05) is 44.8 Å². The second-order valence-electron chi connectivity index (χ2n) is 5.70. The third-order valence-electron chi connectivity index (χ3n) is 4.18. The van der Waals surface area contributed by atoms with Gasteiger partial charge in [0.2, 0.25) is 5.91 Å². The summed E-state index contributed by atoms with van der Waals surface area (Å²) in [5.41, 5.74) is 14.3. The molecular formula is C16H26N4O. The van der Waals surface area contributed by atoms with Gasteiger partial charge in [0.15, 0.2) is 0 Å². The van der Waals surface area contributed by atoms with Crippen molar-refractivity contribution in [2.75, 3.05) is 38.5 Å². The van der Waals surface area contributed by atoms with E-state index in [2.05, 4.69) is 22.8 Å². The van der Waals surface area contributed by atoms with Crippen molar-refractivity contribution in [3.05, 3.63) is 29.3 Å². The molecule has 4 N–H and O–H groups in total. The van der Waals surface area contributed by atoms with Gasteiger partial charge < -0.3 is 16.4 Å². The lowest BCUT2D eigenvalue weighted by Gasteiger charge is -2.34. The number of carbonyl (C=O) groups excluding carboxylic acids is 1. The molecule has 0 aliphatic carbocycles. The van der Waals surface area contributed by atoms with Gasteiger partial charge in [-0.15, -0.1) is 0 Å². The normalized spacial score (nSPS) is 17.0. The molecule has 0 aromatic heterocycles. The summed E-state index contributed by atoms with van der Waals surface area (Å²) in [6.45, 7) is 8.69. The molecule has 0 atom stereocenters. The predicted molar refractivity (Wildman–Crippen MR) is 85.8 cm³/mol. The fraction of sp³-hybridized carbons (Fsp3) is 0.562. The van der Waals surface area contributed by atoms with Gasteiger partial charge in [-0.2, -0.15) is 0 Å². The van der Waals surface area contributed by atoms with E-state index in [-0.39, 0.29) is 5.91 Å². The number of hydrogen-bond donors (Lipinski definition) is 2. The minimum Gasteiger partial charge on any atom is -0.399 e. The quantitative estimate of drug-likeness (QED) is 0.761. The van der Waals surface area contributed by atoms with Gasteiger partial charge in [0.1, 0.15) is 0 Å². The lowest BCUT2D eigenvalue weighted by atomic mass is 10.0. The number of nitrogen functional groups attached to an aromatic ring is 1. The Morgan fingerprint density at radius 3 is 2.43 bits per heavy atom. The first-order valence-electron chi connectivity index (χ1n) is 7.68. The second kappa shape index (κ2) is 7.43. The highest BCUT2D eigenvalue weighted by molar-refractivity contribution is 5.74. The van der Waals surface area contributed by atoms with E-state index in [1.165, 1.54) is 5.56 Å². The van der Waals surface area contributed by atoms with Crippen LogP contribution in [0.4, 0.5) is 5.69 Å². The van der Waals surface area contributed by atoms with Crippen LogP contribution in [0, 0.1) is 0 Å².